The Hall–Kier alpha value is -2.82. The van der Waals surface area contributed by atoms with Gasteiger partial charge in [-0.2, -0.15) is 0 Å². The summed E-state index contributed by atoms with van der Waals surface area (Å²) >= 11 is 0. The van der Waals surface area contributed by atoms with E-state index in [9.17, 15) is 9.59 Å². The van der Waals surface area contributed by atoms with Gasteiger partial charge < -0.3 is 14.8 Å². The third kappa shape index (κ3) is 5.08. The highest BCUT2D eigenvalue weighted by Crippen LogP contribution is 2.29. The van der Waals surface area contributed by atoms with E-state index in [1.54, 1.807) is 42.5 Å². The minimum Gasteiger partial charge on any atom is -0.490 e. The van der Waals surface area contributed by atoms with Gasteiger partial charge in [-0.3, -0.25) is 9.59 Å². The number of nitrogens with one attached hydrogen (secondary N) is 1. The van der Waals surface area contributed by atoms with Crippen molar-refractivity contribution in [3.8, 4) is 11.5 Å². The lowest BCUT2D eigenvalue weighted by Gasteiger charge is -2.13. The highest BCUT2D eigenvalue weighted by Gasteiger charge is 2.12. The largest absolute Gasteiger partial charge is 0.490 e. The summed E-state index contributed by atoms with van der Waals surface area (Å²) in [6.07, 6.45) is 0.893. The first-order chi connectivity index (χ1) is 12.0. The molecule has 2 rings (SSSR count). The van der Waals surface area contributed by atoms with Crippen molar-refractivity contribution in [2.24, 2.45) is 0 Å². The van der Waals surface area contributed by atoms with Crippen molar-refractivity contribution in [2.45, 2.75) is 27.2 Å². The van der Waals surface area contributed by atoms with Gasteiger partial charge in [-0.15, -0.1) is 0 Å². The lowest BCUT2D eigenvalue weighted by atomic mass is 10.1. The van der Waals surface area contributed by atoms with E-state index in [1.165, 1.54) is 6.92 Å². The molecule has 0 saturated carbocycles. The molecule has 0 aliphatic carbocycles. The normalized spacial score (nSPS) is 10.2. The van der Waals surface area contributed by atoms with Crippen molar-refractivity contribution >= 4 is 17.4 Å². The third-order valence-corrected chi connectivity index (χ3v) is 3.52. The number of hydrogen-bond donors (Lipinski definition) is 1. The Balaban J connectivity index is 2.14. The van der Waals surface area contributed by atoms with Crippen molar-refractivity contribution in [2.75, 3.05) is 18.5 Å². The van der Waals surface area contributed by atoms with E-state index in [-0.39, 0.29) is 11.7 Å². The van der Waals surface area contributed by atoms with Gasteiger partial charge in [0.15, 0.2) is 17.3 Å². The predicted octanol–water partition coefficient (Wildman–Crippen LogP) is 4.33. The summed E-state index contributed by atoms with van der Waals surface area (Å²) in [7, 11) is 0. The van der Waals surface area contributed by atoms with Crippen molar-refractivity contribution in [1.82, 2.24) is 0 Å². The molecule has 0 fully saturated rings. The molecule has 0 saturated heterocycles. The maximum atomic E-state index is 12.4. The molecule has 0 unspecified atom stereocenters. The molecule has 2 aromatic rings. The van der Waals surface area contributed by atoms with Gasteiger partial charge in [0.25, 0.3) is 5.91 Å². The molecule has 0 spiro atoms. The van der Waals surface area contributed by atoms with Crippen molar-refractivity contribution in [3.63, 3.8) is 0 Å². The van der Waals surface area contributed by atoms with Crippen molar-refractivity contribution in [3.05, 3.63) is 53.6 Å². The molecule has 5 heteroatoms. The highest BCUT2D eigenvalue weighted by atomic mass is 16.5. The zero-order chi connectivity index (χ0) is 18.2. The fourth-order valence-corrected chi connectivity index (χ4v) is 2.24. The molecular formula is C20H23NO4. The number of carbonyl (C=O) groups excluding carboxylic acids is 2. The molecule has 132 valence electrons. The smallest absolute Gasteiger partial charge is 0.255 e. The molecule has 0 aliphatic heterocycles. The molecule has 0 aromatic heterocycles. The first kappa shape index (κ1) is 18.5. The second-order valence-electron chi connectivity index (χ2n) is 5.53. The minimum absolute atomic E-state index is 0.0121. The summed E-state index contributed by atoms with van der Waals surface area (Å²) in [6, 6.07) is 11.9. The standard InChI is InChI=1S/C20H23NO4/c1-4-12-25-18-11-8-16(13-19(18)24-5-2)20(23)21-17-9-6-15(7-10-17)14(3)22/h6-11,13H,4-5,12H2,1-3H3,(H,21,23). The summed E-state index contributed by atoms with van der Waals surface area (Å²) in [4.78, 5) is 23.7. The summed E-state index contributed by atoms with van der Waals surface area (Å²) in [5.74, 6) is 0.919. The van der Waals surface area contributed by atoms with Crippen LogP contribution in [0.4, 0.5) is 5.69 Å². The van der Waals surface area contributed by atoms with Gasteiger partial charge in [-0.05, 0) is 62.7 Å². The lowest BCUT2D eigenvalue weighted by molar-refractivity contribution is 0.101. The van der Waals surface area contributed by atoms with E-state index in [1.807, 2.05) is 13.8 Å². The number of carbonyl (C=O) groups is 2. The number of anilines is 1. The Kier molecular flexibility index (Phi) is 6.57. The van der Waals surface area contributed by atoms with Crippen molar-refractivity contribution < 1.29 is 19.1 Å². The Morgan fingerprint density at radius 3 is 2.20 bits per heavy atom. The van der Waals surface area contributed by atoms with E-state index in [0.29, 0.717) is 41.5 Å². The molecule has 2 aromatic carbocycles. The Morgan fingerprint density at radius 2 is 1.60 bits per heavy atom. The third-order valence-electron chi connectivity index (χ3n) is 3.52. The maximum Gasteiger partial charge on any atom is 0.255 e. The number of rotatable bonds is 8. The van der Waals surface area contributed by atoms with Gasteiger partial charge in [-0.1, -0.05) is 6.92 Å². The van der Waals surface area contributed by atoms with E-state index in [0.717, 1.165) is 6.42 Å². The van der Waals surface area contributed by atoms with Gasteiger partial charge in [-0.25, -0.2) is 0 Å². The molecule has 5 nitrogen and oxygen atoms in total. The summed E-state index contributed by atoms with van der Waals surface area (Å²) < 4.78 is 11.2. The molecule has 0 aliphatic rings. The molecule has 0 radical (unpaired) electrons. The van der Waals surface area contributed by atoms with E-state index in [2.05, 4.69) is 5.32 Å². The monoisotopic (exact) mass is 341 g/mol. The van der Waals surface area contributed by atoms with Gasteiger partial charge in [0.2, 0.25) is 0 Å². The topological polar surface area (TPSA) is 64.6 Å². The Labute approximate surface area is 148 Å². The van der Waals surface area contributed by atoms with Gasteiger partial charge in [0, 0.05) is 16.8 Å². The number of hydrogen-bond acceptors (Lipinski definition) is 4. The van der Waals surface area contributed by atoms with E-state index < -0.39 is 0 Å². The second-order valence-corrected chi connectivity index (χ2v) is 5.53. The number of Topliss-reactive ketones (excluding diaryl/α,β-unsaturated/α-hetero) is 1. The number of amides is 1. The van der Waals surface area contributed by atoms with E-state index in [4.69, 9.17) is 9.47 Å². The van der Waals surface area contributed by atoms with Crippen LogP contribution in [0.3, 0.4) is 0 Å². The number of benzene rings is 2. The quantitative estimate of drug-likeness (QED) is 0.726. The van der Waals surface area contributed by atoms with Crippen LogP contribution in [0.25, 0.3) is 0 Å². The SMILES string of the molecule is CCCOc1ccc(C(=O)Nc2ccc(C(C)=O)cc2)cc1OCC. The molecule has 1 amide bonds. The molecule has 1 N–H and O–H groups in total. The molecule has 0 heterocycles. The molecule has 0 atom stereocenters. The van der Waals surface area contributed by atoms with Crippen LogP contribution in [0.5, 0.6) is 11.5 Å². The zero-order valence-corrected chi connectivity index (χ0v) is 14.8. The van der Waals surface area contributed by atoms with Gasteiger partial charge in [0.1, 0.15) is 0 Å². The summed E-state index contributed by atoms with van der Waals surface area (Å²) in [5, 5.41) is 2.81. The first-order valence-corrected chi connectivity index (χ1v) is 8.37. The van der Waals surface area contributed by atoms with E-state index >= 15 is 0 Å². The van der Waals surface area contributed by atoms with Crippen LogP contribution >= 0.6 is 0 Å². The predicted molar refractivity (Wildman–Crippen MR) is 97.8 cm³/mol. The first-order valence-electron chi connectivity index (χ1n) is 8.37. The molecular weight excluding hydrogens is 318 g/mol. The molecule has 0 bridgehead atoms. The van der Waals surface area contributed by atoms with Crippen LogP contribution in [0.2, 0.25) is 0 Å². The Bertz CT molecular complexity index is 738. The maximum absolute atomic E-state index is 12.4. The summed E-state index contributed by atoms with van der Waals surface area (Å²) in [6.45, 7) is 6.49. The average Bonchev–Trinajstić information content (AvgIpc) is 2.61. The number of ether oxygens (including phenoxy) is 2. The summed E-state index contributed by atoms with van der Waals surface area (Å²) in [5.41, 5.74) is 1.70. The van der Waals surface area contributed by atoms with Crippen LogP contribution in [0.15, 0.2) is 42.5 Å². The average molecular weight is 341 g/mol. The van der Waals surface area contributed by atoms with Crippen LogP contribution in [0.1, 0.15) is 47.9 Å². The van der Waals surface area contributed by atoms with Crippen LogP contribution in [0, 0.1) is 0 Å². The number of ketones is 1. The van der Waals surface area contributed by atoms with Crippen LogP contribution < -0.4 is 14.8 Å². The lowest BCUT2D eigenvalue weighted by Crippen LogP contribution is -2.12. The van der Waals surface area contributed by atoms with Crippen molar-refractivity contribution in [1.29, 1.82) is 0 Å². The van der Waals surface area contributed by atoms with Crippen LogP contribution in [-0.4, -0.2) is 24.9 Å². The molecule has 25 heavy (non-hydrogen) atoms. The fourth-order valence-electron chi connectivity index (χ4n) is 2.24. The van der Waals surface area contributed by atoms with Crippen LogP contribution in [-0.2, 0) is 0 Å². The second kappa shape index (κ2) is 8.87. The fraction of sp³-hybridized carbons (Fsp3) is 0.300. The minimum atomic E-state index is -0.251. The van der Waals surface area contributed by atoms with Gasteiger partial charge in [0.05, 0.1) is 13.2 Å². The zero-order valence-electron chi connectivity index (χ0n) is 14.8. The van der Waals surface area contributed by atoms with Gasteiger partial charge >= 0.3 is 0 Å². The highest BCUT2D eigenvalue weighted by molar-refractivity contribution is 6.05. The Morgan fingerprint density at radius 1 is 0.920 bits per heavy atom.